The van der Waals surface area contributed by atoms with Gasteiger partial charge in [0.1, 0.15) is 17.5 Å². The van der Waals surface area contributed by atoms with Gasteiger partial charge in [0.25, 0.3) is 5.91 Å². The lowest BCUT2D eigenvalue weighted by atomic mass is 9.88. The highest BCUT2D eigenvalue weighted by molar-refractivity contribution is 6.00. The van der Waals surface area contributed by atoms with E-state index in [0.717, 1.165) is 12.1 Å². The van der Waals surface area contributed by atoms with Gasteiger partial charge >= 0.3 is 12.1 Å². The largest absolute Gasteiger partial charge is 0.494 e. The van der Waals surface area contributed by atoms with Crippen LogP contribution >= 0.6 is 0 Å². The molecule has 2 aromatic carbocycles. The fourth-order valence-corrected chi connectivity index (χ4v) is 4.13. The summed E-state index contributed by atoms with van der Waals surface area (Å²) in [5.41, 5.74) is 3.06. The van der Waals surface area contributed by atoms with Crippen molar-refractivity contribution in [2.75, 3.05) is 13.2 Å². The van der Waals surface area contributed by atoms with E-state index in [1.165, 1.54) is 12.1 Å². The van der Waals surface area contributed by atoms with Gasteiger partial charge in [0.05, 0.1) is 12.2 Å². The molecule has 0 saturated carbocycles. The molecule has 0 unspecified atom stereocenters. The Kier molecular flexibility index (Phi) is 10.4. The Bertz CT molecular complexity index is 1230. The number of ether oxygens (including phenoxy) is 3. The quantitative estimate of drug-likeness (QED) is 0.195. The molecule has 3 N–H and O–H groups in total. The van der Waals surface area contributed by atoms with Gasteiger partial charge in [0.15, 0.2) is 5.54 Å². The first-order valence-electron chi connectivity index (χ1n) is 13.3. The number of rotatable bonds is 12. The van der Waals surface area contributed by atoms with E-state index in [1.807, 2.05) is 0 Å². The highest BCUT2D eigenvalue weighted by Gasteiger charge is 2.50. The second-order valence-corrected chi connectivity index (χ2v) is 10.6. The minimum atomic E-state index is -4.49. The summed E-state index contributed by atoms with van der Waals surface area (Å²) in [5, 5.41) is 8.92. The predicted molar refractivity (Wildman–Crippen MR) is 145 cm³/mol. The molecule has 0 radical (unpaired) electrons. The third kappa shape index (κ3) is 8.92. The van der Waals surface area contributed by atoms with E-state index >= 15 is 0 Å². The van der Waals surface area contributed by atoms with E-state index in [1.54, 1.807) is 52.0 Å². The van der Waals surface area contributed by atoms with E-state index in [-0.39, 0.29) is 31.9 Å². The van der Waals surface area contributed by atoms with E-state index in [2.05, 4.69) is 15.8 Å². The highest BCUT2D eigenvalue weighted by atomic mass is 19.4. The first kappa shape index (κ1) is 31.9. The van der Waals surface area contributed by atoms with Gasteiger partial charge in [0, 0.05) is 31.6 Å². The van der Waals surface area contributed by atoms with Crippen LogP contribution in [0.1, 0.15) is 63.6 Å². The first-order valence-corrected chi connectivity index (χ1v) is 13.3. The van der Waals surface area contributed by atoms with Crippen LogP contribution < -0.4 is 15.6 Å². The zero-order chi connectivity index (χ0) is 30.3. The number of aliphatic hydroxyl groups is 1. The molecule has 0 bridgehead atoms. The lowest BCUT2D eigenvalue weighted by molar-refractivity contribution is -0.155. The van der Waals surface area contributed by atoms with Crippen molar-refractivity contribution in [2.45, 2.75) is 76.9 Å². The SMILES string of the molecule is C[C@@H]1OC(c2ccc(OCCCO)cc2)=N[C@]1(CCC(=O)OC(C)(C)C)C(=O)NNCc1cccc(C(F)(F)F)c1. The summed E-state index contributed by atoms with van der Waals surface area (Å²) in [6, 6.07) is 11.6. The van der Waals surface area contributed by atoms with Crippen molar-refractivity contribution < 1.29 is 42.1 Å². The number of amides is 1. The number of esters is 1. The molecule has 0 saturated heterocycles. The summed E-state index contributed by atoms with van der Waals surface area (Å²) in [6.07, 6.45) is -4.94. The molecule has 0 aliphatic carbocycles. The summed E-state index contributed by atoms with van der Waals surface area (Å²) >= 11 is 0. The Balaban J connectivity index is 1.79. The lowest BCUT2D eigenvalue weighted by Crippen LogP contribution is -2.54. The van der Waals surface area contributed by atoms with Crippen LogP contribution in [0.3, 0.4) is 0 Å². The molecule has 224 valence electrons. The molecule has 1 aliphatic heterocycles. The monoisotopic (exact) mass is 579 g/mol. The molecule has 41 heavy (non-hydrogen) atoms. The Morgan fingerprint density at radius 3 is 2.46 bits per heavy atom. The van der Waals surface area contributed by atoms with Crippen LogP contribution in [0.5, 0.6) is 5.75 Å². The van der Waals surface area contributed by atoms with Gasteiger partial charge in [-0.15, -0.1) is 0 Å². The number of aliphatic imine (C=N–C) groups is 1. The van der Waals surface area contributed by atoms with E-state index < -0.39 is 40.9 Å². The molecule has 0 spiro atoms. The van der Waals surface area contributed by atoms with Gasteiger partial charge in [-0.05, 0) is 70.0 Å². The number of nitrogens with zero attached hydrogens (tertiary/aromatic N) is 1. The molecule has 1 heterocycles. The number of hydrogen-bond acceptors (Lipinski definition) is 8. The number of hydrogen-bond donors (Lipinski definition) is 3. The summed E-state index contributed by atoms with van der Waals surface area (Å²) in [4.78, 5) is 30.7. The second-order valence-electron chi connectivity index (χ2n) is 10.6. The third-order valence-corrected chi connectivity index (χ3v) is 6.21. The average molecular weight is 580 g/mol. The Morgan fingerprint density at radius 2 is 1.83 bits per heavy atom. The third-order valence-electron chi connectivity index (χ3n) is 6.21. The van der Waals surface area contributed by atoms with Crippen molar-refractivity contribution in [1.82, 2.24) is 10.9 Å². The fourth-order valence-electron chi connectivity index (χ4n) is 4.13. The minimum Gasteiger partial charge on any atom is -0.494 e. The molecule has 2 aromatic rings. The number of halogens is 3. The van der Waals surface area contributed by atoms with Crippen molar-refractivity contribution in [3.63, 3.8) is 0 Å². The van der Waals surface area contributed by atoms with Crippen molar-refractivity contribution in [2.24, 2.45) is 4.99 Å². The molecule has 0 aromatic heterocycles. The molecule has 2 atom stereocenters. The Labute approximate surface area is 237 Å². The van der Waals surface area contributed by atoms with Crippen molar-refractivity contribution in [3.05, 3.63) is 65.2 Å². The van der Waals surface area contributed by atoms with Crippen molar-refractivity contribution >= 4 is 17.8 Å². The maximum absolute atomic E-state index is 13.5. The average Bonchev–Trinajstić information content (AvgIpc) is 3.24. The van der Waals surface area contributed by atoms with Crippen LogP contribution in [0.2, 0.25) is 0 Å². The number of aliphatic hydroxyl groups excluding tert-OH is 1. The minimum absolute atomic E-state index is 0.0167. The van der Waals surface area contributed by atoms with Gasteiger partial charge in [-0.3, -0.25) is 15.0 Å². The molecular weight excluding hydrogens is 543 g/mol. The fraction of sp³-hybridized carbons (Fsp3) is 0.483. The molecule has 9 nitrogen and oxygen atoms in total. The number of benzene rings is 2. The smallest absolute Gasteiger partial charge is 0.416 e. The van der Waals surface area contributed by atoms with Crippen LogP contribution in [0.4, 0.5) is 13.2 Å². The Hall–Kier alpha value is -3.64. The van der Waals surface area contributed by atoms with Crippen LogP contribution in [-0.2, 0) is 31.8 Å². The topological polar surface area (TPSA) is 118 Å². The van der Waals surface area contributed by atoms with Crippen LogP contribution in [-0.4, -0.2) is 53.3 Å². The van der Waals surface area contributed by atoms with Gasteiger partial charge in [0.2, 0.25) is 5.90 Å². The lowest BCUT2D eigenvalue weighted by Gasteiger charge is -2.28. The molecule has 3 rings (SSSR count). The predicted octanol–water partition coefficient (Wildman–Crippen LogP) is 4.31. The number of nitrogens with one attached hydrogen (secondary N) is 2. The first-order chi connectivity index (χ1) is 19.2. The van der Waals surface area contributed by atoms with E-state index in [0.29, 0.717) is 29.9 Å². The maximum Gasteiger partial charge on any atom is 0.416 e. The normalized spacial score (nSPS) is 18.8. The van der Waals surface area contributed by atoms with Crippen LogP contribution in [0.15, 0.2) is 53.5 Å². The summed E-state index contributed by atoms with van der Waals surface area (Å²) in [5.74, 6) is -0.348. The zero-order valence-corrected chi connectivity index (χ0v) is 23.5. The van der Waals surface area contributed by atoms with Crippen molar-refractivity contribution in [1.29, 1.82) is 0 Å². The molecule has 1 aliphatic rings. The standard InChI is InChI=1S/C29H36F3N3O6/c1-19-28(14-13-24(37)41-27(2,3)4,26(38)35-33-18-20-7-5-8-22(17-20)29(30,31)32)34-25(40-19)21-9-11-23(12-10-21)39-16-6-15-36/h5,7-12,17,19,33,36H,6,13-16,18H2,1-4H3,(H,35,38)/t19-,28-/m0/s1. The van der Waals surface area contributed by atoms with E-state index in [4.69, 9.17) is 19.3 Å². The number of hydrazine groups is 1. The number of carbonyl (C=O) groups is 2. The molecule has 1 amide bonds. The second kappa shape index (κ2) is 13.3. The van der Waals surface area contributed by atoms with Gasteiger partial charge in [-0.2, -0.15) is 13.2 Å². The molecule has 0 fully saturated rings. The van der Waals surface area contributed by atoms with Crippen LogP contribution in [0, 0.1) is 0 Å². The van der Waals surface area contributed by atoms with Gasteiger partial charge < -0.3 is 19.3 Å². The Morgan fingerprint density at radius 1 is 1.12 bits per heavy atom. The molecular formula is C29H36F3N3O6. The zero-order valence-electron chi connectivity index (χ0n) is 23.5. The van der Waals surface area contributed by atoms with Gasteiger partial charge in [-0.1, -0.05) is 18.2 Å². The molecule has 12 heteroatoms. The summed E-state index contributed by atoms with van der Waals surface area (Å²) in [6.45, 7) is 7.15. The van der Waals surface area contributed by atoms with E-state index in [9.17, 15) is 22.8 Å². The summed E-state index contributed by atoms with van der Waals surface area (Å²) in [7, 11) is 0. The van der Waals surface area contributed by atoms with Gasteiger partial charge in [-0.25, -0.2) is 10.4 Å². The maximum atomic E-state index is 13.5. The highest BCUT2D eigenvalue weighted by Crippen LogP contribution is 2.34. The van der Waals surface area contributed by atoms with Crippen molar-refractivity contribution in [3.8, 4) is 5.75 Å². The number of alkyl halides is 3. The number of carbonyl (C=O) groups excluding carboxylic acids is 2. The summed E-state index contributed by atoms with van der Waals surface area (Å²) < 4.78 is 56.1. The van der Waals surface area contributed by atoms with Crippen LogP contribution in [0.25, 0.3) is 0 Å².